The van der Waals surface area contributed by atoms with E-state index in [9.17, 15) is 4.79 Å². The Morgan fingerprint density at radius 2 is 2.22 bits per heavy atom. The van der Waals surface area contributed by atoms with E-state index in [1.807, 2.05) is 42.9 Å². The van der Waals surface area contributed by atoms with Crippen LogP contribution in [0.2, 0.25) is 0 Å². The molecule has 4 heteroatoms. The maximum absolute atomic E-state index is 12.2. The van der Waals surface area contributed by atoms with E-state index in [1.165, 1.54) is 0 Å². The van der Waals surface area contributed by atoms with E-state index < -0.39 is 0 Å². The fourth-order valence-electron chi connectivity index (χ4n) is 1.89. The van der Waals surface area contributed by atoms with Gasteiger partial charge in [-0.1, -0.05) is 22.0 Å². The molecule has 0 bridgehead atoms. The number of benzene rings is 1. The smallest absolute Gasteiger partial charge is 0.163 e. The van der Waals surface area contributed by atoms with Gasteiger partial charge in [-0.15, -0.1) is 0 Å². The van der Waals surface area contributed by atoms with Crippen molar-refractivity contribution < 1.29 is 4.79 Å². The van der Waals surface area contributed by atoms with Crippen LogP contribution < -0.4 is 0 Å². The van der Waals surface area contributed by atoms with Crippen molar-refractivity contribution >= 4 is 21.7 Å². The van der Waals surface area contributed by atoms with Gasteiger partial charge in [0.05, 0.1) is 0 Å². The number of hydrogen-bond acceptors (Lipinski definition) is 2. The molecule has 0 aliphatic rings. The maximum atomic E-state index is 12.2. The lowest BCUT2D eigenvalue weighted by atomic mass is 10.0. The molecular formula is C14H15BrN2O. The third-order valence-electron chi connectivity index (χ3n) is 3.00. The van der Waals surface area contributed by atoms with Crippen molar-refractivity contribution in [2.24, 2.45) is 7.05 Å². The van der Waals surface area contributed by atoms with Crippen molar-refractivity contribution in [3.8, 4) is 0 Å². The molecule has 0 amide bonds. The average Bonchev–Trinajstić information content (AvgIpc) is 2.75. The summed E-state index contributed by atoms with van der Waals surface area (Å²) >= 11 is 3.40. The average molecular weight is 307 g/mol. The SMILES string of the molecule is Cc1ccc(Br)cc1C(=O)CCc1nccn1C. The van der Waals surface area contributed by atoms with E-state index in [4.69, 9.17) is 0 Å². The number of aryl methyl sites for hydroxylation is 3. The van der Waals surface area contributed by atoms with Crippen LogP contribution in [0.5, 0.6) is 0 Å². The summed E-state index contributed by atoms with van der Waals surface area (Å²) in [6.45, 7) is 1.96. The lowest BCUT2D eigenvalue weighted by Crippen LogP contribution is -2.06. The second kappa shape index (κ2) is 5.48. The first-order valence-corrected chi connectivity index (χ1v) is 6.63. The minimum atomic E-state index is 0.164. The molecule has 0 unspecified atom stereocenters. The quantitative estimate of drug-likeness (QED) is 0.812. The predicted molar refractivity (Wildman–Crippen MR) is 74.7 cm³/mol. The van der Waals surface area contributed by atoms with Gasteiger partial charge in [0.2, 0.25) is 0 Å². The lowest BCUT2D eigenvalue weighted by Gasteiger charge is -2.06. The Bertz CT molecular complexity index is 575. The number of rotatable bonds is 4. The number of carbonyl (C=O) groups is 1. The van der Waals surface area contributed by atoms with Crippen molar-refractivity contribution in [2.75, 3.05) is 0 Å². The summed E-state index contributed by atoms with van der Waals surface area (Å²) in [6, 6.07) is 5.79. The van der Waals surface area contributed by atoms with Crippen molar-refractivity contribution in [1.82, 2.24) is 9.55 Å². The highest BCUT2D eigenvalue weighted by atomic mass is 79.9. The summed E-state index contributed by atoms with van der Waals surface area (Å²) in [6.07, 6.45) is 4.81. The number of nitrogens with zero attached hydrogens (tertiary/aromatic N) is 2. The molecule has 0 N–H and O–H groups in total. The molecule has 0 saturated carbocycles. The number of Topliss-reactive ketones (excluding diaryl/α,β-unsaturated/α-hetero) is 1. The van der Waals surface area contributed by atoms with Crippen LogP contribution in [0.3, 0.4) is 0 Å². The number of ketones is 1. The number of halogens is 1. The summed E-state index contributed by atoms with van der Waals surface area (Å²) in [7, 11) is 1.94. The van der Waals surface area contributed by atoms with E-state index in [0.717, 1.165) is 21.4 Å². The second-order valence-corrected chi connectivity index (χ2v) is 5.25. The van der Waals surface area contributed by atoms with Crippen LogP contribution >= 0.6 is 15.9 Å². The molecule has 1 aromatic carbocycles. The molecule has 0 atom stereocenters. The van der Waals surface area contributed by atoms with Gasteiger partial charge >= 0.3 is 0 Å². The molecule has 2 rings (SSSR count). The van der Waals surface area contributed by atoms with E-state index >= 15 is 0 Å². The van der Waals surface area contributed by atoms with Gasteiger partial charge in [-0.3, -0.25) is 4.79 Å². The highest BCUT2D eigenvalue weighted by Gasteiger charge is 2.11. The molecule has 18 heavy (non-hydrogen) atoms. The zero-order chi connectivity index (χ0) is 13.1. The molecule has 94 valence electrons. The molecule has 3 nitrogen and oxygen atoms in total. The van der Waals surface area contributed by atoms with Crippen molar-refractivity contribution in [3.05, 3.63) is 52.0 Å². The number of aromatic nitrogens is 2. The number of carbonyl (C=O) groups excluding carboxylic acids is 1. The van der Waals surface area contributed by atoms with Gasteiger partial charge in [-0.25, -0.2) is 4.98 Å². The minimum Gasteiger partial charge on any atom is -0.338 e. The molecule has 0 spiro atoms. The second-order valence-electron chi connectivity index (χ2n) is 4.34. The first-order valence-electron chi connectivity index (χ1n) is 5.83. The first-order chi connectivity index (χ1) is 8.58. The van der Waals surface area contributed by atoms with Crippen LogP contribution in [-0.2, 0) is 13.5 Å². The molecule has 2 aromatic rings. The molecule has 0 saturated heterocycles. The van der Waals surface area contributed by atoms with Gasteiger partial charge in [-0.05, 0) is 24.6 Å². The Labute approximate surface area is 115 Å². The molecule has 0 aliphatic carbocycles. The summed E-state index contributed by atoms with van der Waals surface area (Å²) in [5, 5.41) is 0. The molecule has 0 fully saturated rings. The predicted octanol–water partition coefficient (Wildman–Crippen LogP) is 3.31. The summed E-state index contributed by atoms with van der Waals surface area (Å²) in [5.74, 6) is 1.10. The molecule has 0 radical (unpaired) electrons. The minimum absolute atomic E-state index is 0.164. The number of hydrogen-bond donors (Lipinski definition) is 0. The standard InChI is InChI=1S/C14H15BrN2O/c1-10-3-4-11(15)9-12(10)13(18)5-6-14-16-7-8-17(14)2/h3-4,7-9H,5-6H2,1-2H3. The maximum Gasteiger partial charge on any atom is 0.163 e. The number of imidazole rings is 1. The Morgan fingerprint density at radius 1 is 1.44 bits per heavy atom. The first kappa shape index (κ1) is 13.0. The van der Waals surface area contributed by atoms with Gasteiger partial charge in [0, 0.05) is 42.3 Å². The van der Waals surface area contributed by atoms with Crippen LogP contribution in [0.25, 0.3) is 0 Å². The van der Waals surface area contributed by atoms with Crippen molar-refractivity contribution in [1.29, 1.82) is 0 Å². The molecule has 1 heterocycles. The lowest BCUT2D eigenvalue weighted by molar-refractivity contribution is 0.0981. The van der Waals surface area contributed by atoms with Crippen LogP contribution in [0, 0.1) is 6.92 Å². The Hall–Kier alpha value is -1.42. The Kier molecular flexibility index (Phi) is 3.97. The van der Waals surface area contributed by atoms with Crippen molar-refractivity contribution in [2.45, 2.75) is 19.8 Å². The third-order valence-corrected chi connectivity index (χ3v) is 3.49. The third kappa shape index (κ3) is 2.88. The highest BCUT2D eigenvalue weighted by molar-refractivity contribution is 9.10. The molecule has 1 aromatic heterocycles. The summed E-state index contributed by atoms with van der Waals surface area (Å²) in [4.78, 5) is 16.4. The largest absolute Gasteiger partial charge is 0.338 e. The van der Waals surface area contributed by atoms with E-state index in [-0.39, 0.29) is 5.78 Å². The van der Waals surface area contributed by atoms with Crippen LogP contribution in [-0.4, -0.2) is 15.3 Å². The Morgan fingerprint density at radius 3 is 2.89 bits per heavy atom. The van der Waals surface area contributed by atoms with Gasteiger partial charge < -0.3 is 4.57 Å². The van der Waals surface area contributed by atoms with Crippen LogP contribution in [0.15, 0.2) is 35.1 Å². The van der Waals surface area contributed by atoms with Crippen LogP contribution in [0.1, 0.15) is 28.2 Å². The topological polar surface area (TPSA) is 34.9 Å². The summed E-state index contributed by atoms with van der Waals surface area (Å²) < 4.78 is 2.88. The fraction of sp³-hybridized carbons (Fsp3) is 0.286. The van der Waals surface area contributed by atoms with Gasteiger partial charge in [0.1, 0.15) is 5.82 Å². The zero-order valence-corrected chi connectivity index (χ0v) is 12.1. The Balaban J connectivity index is 2.08. The molecule has 0 aliphatic heterocycles. The highest BCUT2D eigenvalue weighted by Crippen LogP contribution is 2.18. The fourth-order valence-corrected chi connectivity index (χ4v) is 2.25. The van der Waals surface area contributed by atoms with Gasteiger partial charge in [0.25, 0.3) is 0 Å². The zero-order valence-electron chi connectivity index (χ0n) is 10.5. The normalized spacial score (nSPS) is 10.6. The van der Waals surface area contributed by atoms with E-state index in [0.29, 0.717) is 12.8 Å². The van der Waals surface area contributed by atoms with Gasteiger partial charge in [-0.2, -0.15) is 0 Å². The van der Waals surface area contributed by atoms with E-state index in [1.54, 1.807) is 6.20 Å². The van der Waals surface area contributed by atoms with Crippen molar-refractivity contribution in [3.63, 3.8) is 0 Å². The van der Waals surface area contributed by atoms with Crippen LogP contribution in [0.4, 0.5) is 0 Å². The summed E-state index contributed by atoms with van der Waals surface area (Å²) in [5.41, 5.74) is 1.81. The van der Waals surface area contributed by atoms with Gasteiger partial charge in [0.15, 0.2) is 5.78 Å². The van der Waals surface area contributed by atoms with E-state index in [2.05, 4.69) is 20.9 Å². The monoisotopic (exact) mass is 306 g/mol. The molecular weight excluding hydrogens is 292 g/mol.